The molecule has 8 nitrogen and oxygen atoms in total. The molecule has 10 heteroatoms. The van der Waals surface area contributed by atoms with Crippen molar-refractivity contribution in [2.75, 3.05) is 18.0 Å². The van der Waals surface area contributed by atoms with Gasteiger partial charge in [-0.25, -0.2) is 8.42 Å². The van der Waals surface area contributed by atoms with Crippen molar-refractivity contribution in [2.24, 2.45) is 0 Å². The zero-order valence-corrected chi connectivity index (χ0v) is 28.3. The number of carbonyl (C=O) groups excluding carboxylic acids is 2. The van der Waals surface area contributed by atoms with Gasteiger partial charge in [-0.15, -0.1) is 0 Å². The summed E-state index contributed by atoms with van der Waals surface area (Å²) in [6.45, 7) is 7.02. The highest BCUT2D eigenvalue weighted by Crippen LogP contribution is 2.32. The van der Waals surface area contributed by atoms with E-state index in [9.17, 15) is 18.0 Å². The van der Waals surface area contributed by atoms with Crippen molar-refractivity contribution >= 4 is 39.1 Å². The molecule has 0 fully saturated rings. The third-order valence-electron chi connectivity index (χ3n) is 7.62. The smallest absolute Gasteiger partial charge is 0.264 e. The summed E-state index contributed by atoms with van der Waals surface area (Å²) in [6.07, 6.45) is 0.232. The van der Waals surface area contributed by atoms with Gasteiger partial charge in [0, 0.05) is 19.0 Å². The molecule has 0 heterocycles. The number of hydrogen-bond donors (Lipinski definition) is 1. The lowest BCUT2D eigenvalue weighted by Crippen LogP contribution is -2.54. The number of carbonyl (C=O) groups is 2. The highest BCUT2D eigenvalue weighted by atomic mass is 35.5. The molecule has 0 radical (unpaired) electrons. The van der Waals surface area contributed by atoms with Crippen LogP contribution in [0.2, 0.25) is 5.02 Å². The van der Waals surface area contributed by atoms with Crippen LogP contribution in [-0.4, -0.2) is 50.9 Å². The topological polar surface area (TPSA) is 96.0 Å². The van der Waals surface area contributed by atoms with E-state index in [-0.39, 0.29) is 40.5 Å². The minimum atomic E-state index is -4.25. The molecule has 0 aromatic heterocycles. The van der Waals surface area contributed by atoms with E-state index in [4.69, 9.17) is 16.3 Å². The Bertz CT molecular complexity index is 1760. The molecule has 4 aromatic rings. The number of methoxy groups -OCH3 is 1. The number of aryl methyl sites for hydroxylation is 2. The zero-order valence-electron chi connectivity index (χ0n) is 26.7. The van der Waals surface area contributed by atoms with E-state index in [2.05, 4.69) is 5.32 Å². The Kier molecular flexibility index (Phi) is 11.5. The summed E-state index contributed by atoms with van der Waals surface area (Å²) in [7, 11) is -2.79. The SMILES string of the molecule is COc1ccc(N(CC(=O)N(Cc2ccccc2C)[C@@H](Cc2ccccc2)C(=O)NC(C)C)S(=O)(=O)c2ccc(C)cc2)cc1Cl. The van der Waals surface area contributed by atoms with Gasteiger partial charge < -0.3 is 15.0 Å². The van der Waals surface area contributed by atoms with E-state index in [0.29, 0.717) is 5.75 Å². The van der Waals surface area contributed by atoms with Gasteiger partial charge in [-0.2, -0.15) is 0 Å². The van der Waals surface area contributed by atoms with Crippen LogP contribution < -0.4 is 14.4 Å². The number of halogens is 1. The van der Waals surface area contributed by atoms with Crippen molar-refractivity contribution in [3.05, 3.63) is 124 Å². The Morgan fingerprint density at radius 2 is 1.54 bits per heavy atom. The van der Waals surface area contributed by atoms with Crippen LogP contribution in [0, 0.1) is 13.8 Å². The highest BCUT2D eigenvalue weighted by molar-refractivity contribution is 7.92. The molecular weight excluding hydrogens is 622 g/mol. The predicted octanol–water partition coefficient (Wildman–Crippen LogP) is 6.33. The first-order valence-corrected chi connectivity index (χ1v) is 16.8. The Labute approximate surface area is 277 Å². The van der Waals surface area contributed by atoms with E-state index in [1.165, 1.54) is 30.2 Å². The molecule has 0 unspecified atom stereocenters. The molecule has 4 aromatic carbocycles. The van der Waals surface area contributed by atoms with Gasteiger partial charge in [0.05, 0.1) is 22.7 Å². The first kappa shape index (κ1) is 34.5. The molecule has 1 atom stereocenters. The number of rotatable bonds is 13. The second kappa shape index (κ2) is 15.3. The molecule has 0 saturated heterocycles. The third kappa shape index (κ3) is 8.47. The number of nitrogens with zero attached hydrogens (tertiary/aromatic N) is 2. The maximum Gasteiger partial charge on any atom is 0.264 e. The van der Waals surface area contributed by atoms with Crippen LogP contribution in [0.25, 0.3) is 0 Å². The van der Waals surface area contributed by atoms with Crippen LogP contribution in [-0.2, 0) is 32.6 Å². The number of anilines is 1. The maximum absolute atomic E-state index is 14.6. The standard InChI is InChI=1S/C36H40ClN3O5S/c1-25(2)38-36(42)33(21-28-12-7-6-8-13-28)39(23-29-14-10-9-11-27(29)4)35(41)24-40(30-17-20-34(45-5)32(37)22-30)46(43,44)31-18-15-26(3)16-19-31/h6-20,22,25,33H,21,23-24H2,1-5H3,(H,38,42)/t33-/m0/s1. The lowest BCUT2D eigenvalue weighted by molar-refractivity contribution is -0.140. The van der Waals surface area contributed by atoms with Gasteiger partial charge in [0.2, 0.25) is 11.8 Å². The molecule has 2 amide bonds. The summed E-state index contributed by atoms with van der Waals surface area (Å²) in [6, 6.07) is 26.9. The second-order valence-corrected chi connectivity index (χ2v) is 13.7. The molecule has 0 aliphatic heterocycles. The number of nitrogens with one attached hydrogen (secondary N) is 1. The van der Waals surface area contributed by atoms with Crippen LogP contribution in [0.3, 0.4) is 0 Å². The Hall–Kier alpha value is -4.34. The van der Waals surface area contributed by atoms with E-state index >= 15 is 0 Å². The normalized spacial score (nSPS) is 12.0. The summed E-state index contributed by atoms with van der Waals surface area (Å²) in [4.78, 5) is 29.9. The molecule has 4 rings (SSSR count). The van der Waals surface area contributed by atoms with Gasteiger partial charge in [0.1, 0.15) is 18.3 Å². The van der Waals surface area contributed by atoms with Crippen LogP contribution in [0.15, 0.2) is 102 Å². The van der Waals surface area contributed by atoms with Crippen molar-refractivity contribution < 1.29 is 22.7 Å². The van der Waals surface area contributed by atoms with Gasteiger partial charge in [-0.3, -0.25) is 13.9 Å². The Morgan fingerprint density at radius 3 is 2.15 bits per heavy atom. The van der Waals surface area contributed by atoms with Gasteiger partial charge in [-0.1, -0.05) is 83.9 Å². The fourth-order valence-electron chi connectivity index (χ4n) is 5.08. The molecule has 0 aliphatic carbocycles. The second-order valence-electron chi connectivity index (χ2n) is 11.5. The lowest BCUT2D eigenvalue weighted by Gasteiger charge is -2.34. The summed E-state index contributed by atoms with van der Waals surface area (Å²) < 4.78 is 34.8. The summed E-state index contributed by atoms with van der Waals surface area (Å²) in [5.74, 6) is -0.522. The van der Waals surface area contributed by atoms with Crippen LogP contribution in [0.1, 0.15) is 36.1 Å². The largest absolute Gasteiger partial charge is 0.495 e. The molecule has 242 valence electrons. The van der Waals surface area contributed by atoms with Crippen molar-refractivity contribution in [3.8, 4) is 5.75 Å². The molecule has 1 N–H and O–H groups in total. The van der Waals surface area contributed by atoms with Gasteiger partial charge >= 0.3 is 0 Å². The minimum Gasteiger partial charge on any atom is -0.495 e. The average molecular weight is 662 g/mol. The van der Waals surface area contributed by atoms with Gasteiger partial charge in [0.25, 0.3) is 10.0 Å². The number of hydrogen-bond acceptors (Lipinski definition) is 5. The predicted molar refractivity (Wildman–Crippen MR) is 183 cm³/mol. The fraction of sp³-hybridized carbons (Fsp3) is 0.278. The highest BCUT2D eigenvalue weighted by Gasteiger charge is 2.35. The van der Waals surface area contributed by atoms with Gasteiger partial charge in [-0.05, 0) is 74.7 Å². The molecule has 46 heavy (non-hydrogen) atoms. The Morgan fingerprint density at radius 1 is 0.891 bits per heavy atom. The summed E-state index contributed by atoms with van der Waals surface area (Å²) in [5, 5.41) is 3.16. The fourth-order valence-corrected chi connectivity index (χ4v) is 6.74. The summed E-state index contributed by atoms with van der Waals surface area (Å²) >= 11 is 6.45. The van der Waals surface area contributed by atoms with Crippen molar-refractivity contribution in [1.29, 1.82) is 0 Å². The molecule has 0 aliphatic rings. The first-order chi connectivity index (χ1) is 21.9. The van der Waals surface area contributed by atoms with Crippen molar-refractivity contribution in [2.45, 2.75) is 57.6 Å². The van der Waals surface area contributed by atoms with Crippen molar-refractivity contribution in [1.82, 2.24) is 10.2 Å². The van der Waals surface area contributed by atoms with E-state index in [0.717, 1.165) is 26.6 Å². The number of benzene rings is 4. The molecular formula is C36H40ClN3O5S. The molecule has 0 saturated carbocycles. The number of amides is 2. The third-order valence-corrected chi connectivity index (χ3v) is 9.70. The zero-order chi connectivity index (χ0) is 33.4. The molecule has 0 spiro atoms. The summed E-state index contributed by atoms with van der Waals surface area (Å²) in [5.41, 5.74) is 3.71. The lowest BCUT2D eigenvalue weighted by atomic mass is 10.0. The number of sulfonamides is 1. The molecule has 0 bridgehead atoms. The van der Waals surface area contributed by atoms with E-state index in [1.807, 2.05) is 82.3 Å². The minimum absolute atomic E-state index is 0.0154. The quantitative estimate of drug-likeness (QED) is 0.181. The maximum atomic E-state index is 14.6. The van der Waals surface area contributed by atoms with Crippen LogP contribution in [0.5, 0.6) is 5.75 Å². The van der Waals surface area contributed by atoms with Crippen molar-refractivity contribution in [3.63, 3.8) is 0 Å². The van der Waals surface area contributed by atoms with Crippen LogP contribution >= 0.6 is 11.6 Å². The monoisotopic (exact) mass is 661 g/mol. The average Bonchev–Trinajstić information content (AvgIpc) is 3.02. The van der Waals surface area contributed by atoms with Crippen LogP contribution in [0.4, 0.5) is 5.69 Å². The Balaban J connectivity index is 1.84. The number of ether oxygens (including phenoxy) is 1. The van der Waals surface area contributed by atoms with Gasteiger partial charge in [0.15, 0.2) is 0 Å². The van der Waals surface area contributed by atoms with E-state index < -0.39 is 28.5 Å². The first-order valence-electron chi connectivity index (χ1n) is 15.0. The van der Waals surface area contributed by atoms with E-state index in [1.54, 1.807) is 24.3 Å².